The minimum atomic E-state index is 0.111. The average Bonchev–Trinajstić information content (AvgIpc) is 2.14. The molecule has 0 bridgehead atoms. The number of benzene rings is 1. The number of hydrogen-bond donors (Lipinski definition) is 1. The molecule has 0 saturated carbocycles. The van der Waals surface area contributed by atoms with Crippen LogP contribution in [0.15, 0.2) is 18.2 Å². The first-order valence-electron chi connectivity index (χ1n) is 3.73. The molecule has 0 saturated heterocycles. The quantitative estimate of drug-likeness (QED) is 0.717. The van der Waals surface area contributed by atoms with E-state index < -0.39 is 0 Å². The molecule has 0 spiro atoms. The van der Waals surface area contributed by atoms with Crippen molar-refractivity contribution in [3.63, 3.8) is 0 Å². The zero-order valence-corrected chi connectivity index (χ0v) is 9.03. The van der Waals surface area contributed by atoms with E-state index in [1.807, 2.05) is 0 Å². The molecule has 0 fully saturated rings. The molecule has 0 aliphatic heterocycles. The van der Waals surface area contributed by atoms with Crippen molar-refractivity contribution in [1.29, 1.82) is 0 Å². The van der Waals surface area contributed by atoms with Crippen LogP contribution in [-0.2, 0) is 0 Å². The van der Waals surface area contributed by atoms with E-state index in [9.17, 15) is 5.11 Å². The van der Waals surface area contributed by atoms with Crippen molar-refractivity contribution in [2.24, 2.45) is 0 Å². The lowest BCUT2D eigenvalue weighted by molar-refractivity contribution is 0.476. The topological polar surface area (TPSA) is 33.1 Å². The van der Waals surface area contributed by atoms with Crippen molar-refractivity contribution < 1.29 is 5.11 Å². The van der Waals surface area contributed by atoms with Crippen LogP contribution in [0.1, 0.15) is 0 Å². The van der Waals surface area contributed by atoms with Gasteiger partial charge in [-0.1, -0.05) is 34.8 Å². The largest absolute Gasteiger partial charge is 0.508 e. The van der Waals surface area contributed by atoms with Crippen molar-refractivity contribution in [3.8, 4) is 5.75 Å². The Kier molecular flexibility index (Phi) is 2.43. The van der Waals surface area contributed by atoms with Crippen LogP contribution in [0, 0.1) is 0 Å². The second-order valence-corrected chi connectivity index (χ2v) is 3.85. The molecule has 2 nitrogen and oxygen atoms in total. The molecule has 0 unspecified atom stereocenters. The molecule has 2 rings (SSSR count). The van der Waals surface area contributed by atoms with E-state index in [2.05, 4.69) is 4.98 Å². The number of rotatable bonds is 0. The Hall–Kier alpha value is -0.700. The van der Waals surface area contributed by atoms with Crippen LogP contribution in [-0.4, -0.2) is 10.1 Å². The highest BCUT2D eigenvalue weighted by molar-refractivity contribution is 6.49. The molecule has 2 aromatic rings. The van der Waals surface area contributed by atoms with Gasteiger partial charge in [0.2, 0.25) is 0 Å². The molecule has 0 aliphatic rings. The van der Waals surface area contributed by atoms with Gasteiger partial charge in [-0.3, -0.25) is 0 Å². The molecule has 0 atom stereocenters. The van der Waals surface area contributed by atoms with Crippen LogP contribution in [0.4, 0.5) is 0 Å². The Bertz CT molecular complexity index is 513. The predicted octanol–water partition coefficient (Wildman–Crippen LogP) is 3.90. The van der Waals surface area contributed by atoms with E-state index in [1.165, 1.54) is 12.1 Å². The third-order valence-corrected chi connectivity index (χ3v) is 3.04. The van der Waals surface area contributed by atoms with Gasteiger partial charge in [0.1, 0.15) is 10.9 Å². The van der Waals surface area contributed by atoms with E-state index in [-0.39, 0.29) is 15.9 Å². The SMILES string of the molecule is Oc1ccc2c(Cl)c(Cl)c(Cl)nc2c1. The number of fused-ring (bicyclic) bond motifs is 1. The first-order chi connectivity index (χ1) is 6.59. The van der Waals surface area contributed by atoms with E-state index in [0.29, 0.717) is 15.9 Å². The van der Waals surface area contributed by atoms with Crippen LogP contribution < -0.4 is 0 Å². The van der Waals surface area contributed by atoms with Crippen molar-refractivity contribution in [1.82, 2.24) is 4.98 Å². The van der Waals surface area contributed by atoms with Crippen LogP contribution in [0.5, 0.6) is 5.75 Å². The first kappa shape index (κ1) is 9.84. The summed E-state index contributed by atoms with van der Waals surface area (Å²) < 4.78 is 0. The number of phenolic OH excluding ortho intramolecular Hbond substituents is 1. The lowest BCUT2D eigenvalue weighted by Crippen LogP contribution is -1.83. The average molecular weight is 248 g/mol. The van der Waals surface area contributed by atoms with Crippen molar-refractivity contribution >= 4 is 45.7 Å². The van der Waals surface area contributed by atoms with E-state index in [0.717, 1.165) is 0 Å². The fraction of sp³-hybridized carbons (Fsp3) is 0. The molecule has 0 aliphatic carbocycles. The maximum Gasteiger partial charge on any atom is 0.149 e. The van der Waals surface area contributed by atoms with Gasteiger partial charge in [0.25, 0.3) is 0 Å². The fourth-order valence-electron chi connectivity index (χ4n) is 1.16. The second kappa shape index (κ2) is 3.46. The van der Waals surface area contributed by atoms with Gasteiger partial charge in [-0.05, 0) is 12.1 Å². The molecule has 1 aromatic carbocycles. The van der Waals surface area contributed by atoms with Gasteiger partial charge in [-0.15, -0.1) is 0 Å². The summed E-state index contributed by atoms with van der Waals surface area (Å²) in [5.74, 6) is 0.111. The Morgan fingerprint density at radius 3 is 2.50 bits per heavy atom. The third-order valence-electron chi connectivity index (χ3n) is 1.81. The molecule has 0 radical (unpaired) electrons. The summed E-state index contributed by atoms with van der Waals surface area (Å²) in [6, 6.07) is 4.63. The summed E-state index contributed by atoms with van der Waals surface area (Å²) in [4.78, 5) is 3.99. The normalized spacial score (nSPS) is 10.8. The summed E-state index contributed by atoms with van der Waals surface area (Å²) in [6.45, 7) is 0. The smallest absolute Gasteiger partial charge is 0.149 e. The van der Waals surface area contributed by atoms with E-state index in [1.54, 1.807) is 6.07 Å². The Labute approximate surface area is 95.0 Å². The highest BCUT2D eigenvalue weighted by Gasteiger charge is 2.10. The molecular weight excluding hydrogens is 244 g/mol. The number of pyridine rings is 1. The molecule has 72 valence electrons. The van der Waals surface area contributed by atoms with Gasteiger partial charge >= 0.3 is 0 Å². The standard InChI is InChI=1S/C9H4Cl3NO/c10-7-5-2-1-4(14)3-6(5)13-9(12)8(7)11/h1-3,14H. The monoisotopic (exact) mass is 247 g/mol. The highest BCUT2D eigenvalue weighted by Crippen LogP contribution is 2.35. The number of aromatic hydroxyl groups is 1. The van der Waals surface area contributed by atoms with Crippen LogP contribution in [0.2, 0.25) is 15.2 Å². The Balaban J connectivity index is 2.91. The van der Waals surface area contributed by atoms with Crippen LogP contribution >= 0.6 is 34.8 Å². The molecule has 5 heteroatoms. The molecule has 1 heterocycles. The minimum absolute atomic E-state index is 0.111. The fourth-order valence-corrected chi connectivity index (χ4v) is 1.79. The molecule has 14 heavy (non-hydrogen) atoms. The van der Waals surface area contributed by atoms with Gasteiger partial charge in [-0.25, -0.2) is 4.98 Å². The third kappa shape index (κ3) is 1.50. The summed E-state index contributed by atoms with van der Waals surface area (Å²) in [7, 11) is 0. The molecule has 1 aromatic heterocycles. The number of halogens is 3. The highest BCUT2D eigenvalue weighted by atomic mass is 35.5. The zero-order chi connectivity index (χ0) is 10.3. The van der Waals surface area contributed by atoms with Gasteiger partial charge in [0.15, 0.2) is 0 Å². The van der Waals surface area contributed by atoms with Crippen molar-refractivity contribution in [2.45, 2.75) is 0 Å². The number of phenols is 1. The summed E-state index contributed by atoms with van der Waals surface area (Å²) >= 11 is 17.5. The van der Waals surface area contributed by atoms with E-state index in [4.69, 9.17) is 34.8 Å². The second-order valence-electron chi connectivity index (χ2n) is 2.73. The maximum atomic E-state index is 9.22. The van der Waals surface area contributed by atoms with Crippen molar-refractivity contribution in [2.75, 3.05) is 0 Å². The Morgan fingerprint density at radius 1 is 1.07 bits per heavy atom. The molecule has 0 amide bonds. The van der Waals surface area contributed by atoms with Crippen LogP contribution in [0.3, 0.4) is 0 Å². The zero-order valence-electron chi connectivity index (χ0n) is 6.76. The molecular formula is C9H4Cl3NO. The lowest BCUT2D eigenvalue weighted by atomic mass is 10.2. The summed E-state index contributed by atoms with van der Waals surface area (Å²) in [5, 5.41) is 10.6. The van der Waals surface area contributed by atoms with Crippen LogP contribution in [0.25, 0.3) is 10.9 Å². The number of nitrogens with zero attached hydrogens (tertiary/aromatic N) is 1. The van der Waals surface area contributed by atoms with Gasteiger partial charge in [0.05, 0.1) is 15.6 Å². The summed E-state index contributed by atoms with van der Waals surface area (Å²) in [5.41, 5.74) is 0.518. The maximum absolute atomic E-state index is 9.22. The summed E-state index contributed by atoms with van der Waals surface area (Å²) in [6.07, 6.45) is 0. The van der Waals surface area contributed by atoms with Gasteiger partial charge < -0.3 is 5.11 Å². The van der Waals surface area contributed by atoms with Crippen molar-refractivity contribution in [3.05, 3.63) is 33.4 Å². The predicted molar refractivity (Wildman–Crippen MR) is 58.4 cm³/mol. The minimum Gasteiger partial charge on any atom is -0.508 e. The number of hydrogen-bond acceptors (Lipinski definition) is 2. The Morgan fingerprint density at radius 2 is 1.79 bits per heavy atom. The first-order valence-corrected chi connectivity index (χ1v) is 4.86. The lowest BCUT2D eigenvalue weighted by Gasteiger charge is -2.03. The van der Waals surface area contributed by atoms with Gasteiger partial charge in [-0.2, -0.15) is 0 Å². The van der Waals surface area contributed by atoms with E-state index >= 15 is 0 Å². The number of aromatic nitrogens is 1. The van der Waals surface area contributed by atoms with Gasteiger partial charge in [0, 0.05) is 11.5 Å². The molecule has 1 N–H and O–H groups in total.